The fourth-order valence-electron chi connectivity index (χ4n) is 11.0. The summed E-state index contributed by atoms with van der Waals surface area (Å²) in [6.45, 7) is 17.0. The molecule has 0 aromatic rings. The summed E-state index contributed by atoms with van der Waals surface area (Å²) in [7, 11) is 1.64. The Balaban J connectivity index is 1.29. The first-order chi connectivity index (χ1) is 24.6. The van der Waals surface area contributed by atoms with Gasteiger partial charge < -0.3 is 49.4 Å². The third kappa shape index (κ3) is 8.27. The van der Waals surface area contributed by atoms with E-state index in [1.165, 1.54) is 13.8 Å². The molecule has 2 aliphatic heterocycles. The molecular weight excluding hydrogens is 682 g/mol. The number of allylic oxidation sites excluding steroid dienone is 2. The molecule has 2 heterocycles. The highest BCUT2D eigenvalue weighted by Gasteiger charge is 2.59. The van der Waals surface area contributed by atoms with E-state index in [1.54, 1.807) is 18.3 Å². The SMILES string of the molecule is COC(C)(C)C(CCC1(C)C(O)CCC2(C)/C(=C3\CCC4OC(C(C)(C)OC5OC(CO)C(O)C(O)C5NC(C)=O)CCC4(C)C3)CCC21)OC(C)=O. The molecular formula is C41H69NO11. The van der Waals surface area contributed by atoms with Crippen LogP contribution < -0.4 is 5.32 Å². The van der Waals surface area contributed by atoms with Gasteiger partial charge in [0.2, 0.25) is 5.91 Å². The van der Waals surface area contributed by atoms with Crippen LogP contribution in [0.4, 0.5) is 0 Å². The second-order valence-electron chi connectivity index (χ2n) is 18.8. The molecule has 5 aliphatic rings. The van der Waals surface area contributed by atoms with E-state index >= 15 is 0 Å². The number of hydrogen-bond donors (Lipinski definition) is 5. The lowest BCUT2D eigenvalue weighted by molar-refractivity contribution is -0.316. The van der Waals surface area contributed by atoms with Crippen LogP contribution in [0.3, 0.4) is 0 Å². The maximum atomic E-state index is 12.0. The molecule has 5 rings (SSSR count). The minimum absolute atomic E-state index is 0.0108. The fraction of sp³-hybridized carbons (Fsp3) is 0.902. The van der Waals surface area contributed by atoms with Crippen LogP contribution in [0.15, 0.2) is 11.1 Å². The van der Waals surface area contributed by atoms with E-state index in [2.05, 4.69) is 26.1 Å². The topological polar surface area (TPSA) is 173 Å². The van der Waals surface area contributed by atoms with Crippen LogP contribution in [-0.4, -0.2) is 112 Å². The Morgan fingerprint density at radius 2 is 1.66 bits per heavy atom. The number of amides is 1. The maximum absolute atomic E-state index is 12.0. The molecule has 53 heavy (non-hydrogen) atoms. The average Bonchev–Trinajstić information content (AvgIpc) is 3.45. The summed E-state index contributed by atoms with van der Waals surface area (Å²) in [6, 6.07) is -1.02. The van der Waals surface area contributed by atoms with Crippen molar-refractivity contribution in [1.82, 2.24) is 5.32 Å². The standard InChI is InChI=1S/C41H69NO11/c1-23(44)42-33-35(48)34(47)27(22-43)51-36(33)53-38(5,6)31-16-18-39(7)21-25(11-14-32(39)52-31)26-12-13-28-40(26,8)19-15-29(46)41(28,9)20-17-30(50-24(2)45)37(3,4)49-10/h27-36,43,46-48H,11-22H2,1-10H3,(H,42,44)/b26-25+. The number of aliphatic hydroxyl groups excluding tert-OH is 4. The Morgan fingerprint density at radius 3 is 2.28 bits per heavy atom. The van der Waals surface area contributed by atoms with Crippen LogP contribution in [0.25, 0.3) is 0 Å². The highest BCUT2D eigenvalue weighted by atomic mass is 16.7. The van der Waals surface area contributed by atoms with Gasteiger partial charge in [-0.05, 0) is 120 Å². The van der Waals surface area contributed by atoms with Gasteiger partial charge >= 0.3 is 5.97 Å². The lowest BCUT2D eigenvalue weighted by atomic mass is 9.53. The molecule has 5 fully saturated rings. The van der Waals surface area contributed by atoms with Crippen molar-refractivity contribution in [3.63, 3.8) is 0 Å². The highest BCUT2D eigenvalue weighted by Crippen LogP contribution is 2.65. The van der Waals surface area contributed by atoms with Gasteiger partial charge in [-0.25, -0.2) is 0 Å². The van der Waals surface area contributed by atoms with Crippen molar-refractivity contribution in [1.29, 1.82) is 0 Å². The number of ether oxygens (including phenoxy) is 5. The summed E-state index contributed by atoms with van der Waals surface area (Å²) in [5.74, 6) is -0.407. The minimum atomic E-state index is -1.38. The van der Waals surface area contributed by atoms with Crippen LogP contribution in [0.2, 0.25) is 0 Å². The van der Waals surface area contributed by atoms with E-state index in [0.29, 0.717) is 12.3 Å². The highest BCUT2D eigenvalue weighted by molar-refractivity contribution is 5.73. The van der Waals surface area contributed by atoms with Crippen LogP contribution in [0.5, 0.6) is 0 Å². The van der Waals surface area contributed by atoms with Gasteiger partial charge in [0.15, 0.2) is 6.29 Å². The number of aliphatic hydroxyl groups is 4. The van der Waals surface area contributed by atoms with Gasteiger partial charge in [-0.3, -0.25) is 9.59 Å². The molecule has 3 aliphatic carbocycles. The van der Waals surface area contributed by atoms with Gasteiger partial charge in [0.25, 0.3) is 0 Å². The van der Waals surface area contributed by atoms with Crippen molar-refractivity contribution in [3.8, 4) is 0 Å². The molecule has 12 heteroatoms. The number of esters is 1. The largest absolute Gasteiger partial charge is 0.460 e. The molecule has 304 valence electrons. The Kier molecular flexibility index (Phi) is 12.6. The van der Waals surface area contributed by atoms with E-state index in [-0.39, 0.29) is 34.4 Å². The lowest BCUT2D eigenvalue weighted by Gasteiger charge is -2.54. The third-order valence-corrected chi connectivity index (χ3v) is 14.5. The van der Waals surface area contributed by atoms with E-state index < -0.39 is 66.6 Å². The summed E-state index contributed by atoms with van der Waals surface area (Å²) >= 11 is 0. The number of carbonyl (C=O) groups excluding carboxylic acids is 2. The first-order valence-electron chi connectivity index (χ1n) is 20.0. The Hall–Kier alpha value is -1.64. The molecule has 0 aromatic heterocycles. The van der Waals surface area contributed by atoms with Crippen molar-refractivity contribution >= 4 is 11.9 Å². The summed E-state index contributed by atoms with van der Waals surface area (Å²) in [4.78, 5) is 24.0. The van der Waals surface area contributed by atoms with Crippen molar-refractivity contribution in [2.24, 2.45) is 22.2 Å². The molecule has 0 aromatic carbocycles. The van der Waals surface area contributed by atoms with Crippen LogP contribution in [0, 0.1) is 22.2 Å². The number of hydrogen-bond acceptors (Lipinski definition) is 11. The second kappa shape index (κ2) is 15.7. The second-order valence-corrected chi connectivity index (χ2v) is 18.8. The van der Waals surface area contributed by atoms with Crippen molar-refractivity contribution < 1.29 is 53.7 Å². The molecule has 0 bridgehead atoms. The van der Waals surface area contributed by atoms with E-state index in [0.717, 1.165) is 64.2 Å². The summed E-state index contributed by atoms with van der Waals surface area (Å²) in [6.07, 6.45) is 3.64. The predicted molar refractivity (Wildman–Crippen MR) is 197 cm³/mol. The van der Waals surface area contributed by atoms with Gasteiger partial charge in [0.1, 0.15) is 30.5 Å². The van der Waals surface area contributed by atoms with Crippen LogP contribution in [-0.2, 0) is 33.3 Å². The number of methoxy groups -OCH3 is 1. The molecule has 0 radical (unpaired) electrons. The zero-order valence-electron chi connectivity index (χ0n) is 33.9. The van der Waals surface area contributed by atoms with Crippen molar-refractivity contribution in [3.05, 3.63) is 11.1 Å². The average molecular weight is 752 g/mol. The van der Waals surface area contributed by atoms with Crippen molar-refractivity contribution in [2.75, 3.05) is 13.7 Å². The molecule has 2 saturated heterocycles. The number of nitrogens with one attached hydrogen (secondary N) is 1. The molecule has 12 nitrogen and oxygen atoms in total. The monoisotopic (exact) mass is 751 g/mol. The zero-order valence-corrected chi connectivity index (χ0v) is 33.9. The van der Waals surface area contributed by atoms with Crippen LogP contribution in [0.1, 0.15) is 133 Å². The lowest BCUT2D eigenvalue weighted by Crippen LogP contribution is -2.66. The summed E-state index contributed by atoms with van der Waals surface area (Å²) in [5.41, 5.74) is 1.25. The maximum Gasteiger partial charge on any atom is 0.303 e. The smallest absolute Gasteiger partial charge is 0.303 e. The Labute approximate surface area is 316 Å². The van der Waals surface area contributed by atoms with Gasteiger partial charge in [-0.2, -0.15) is 0 Å². The molecule has 5 N–H and O–H groups in total. The first kappa shape index (κ1) is 42.5. The Morgan fingerprint density at radius 1 is 0.962 bits per heavy atom. The minimum Gasteiger partial charge on any atom is -0.460 e. The quantitative estimate of drug-likeness (QED) is 0.149. The van der Waals surface area contributed by atoms with Gasteiger partial charge in [-0.15, -0.1) is 0 Å². The summed E-state index contributed by atoms with van der Waals surface area (Å²) < 4.78 is 30.8. The van der Waals surface area contributed by atoms with Crippen LogP contribution >= 0.6 is 0 Å². The molecule has 13 atom stereocenters. The van der Waals surface area contributed by atoms with Gasteiger partial charge in [0.05, 0.1) is 36.1 Å². The summed E-state index contributed by atoms with van der Waals surface area (Å²) in [5, 5.41) is 45.3. The molecule has 1 amide bonds. The normalized spacial score (nSPS) is 42.7. The molecule has 3 saturated carbocycles. The van der Waals surface area contributed by atoms with E-state index in [9.17, 15) is 30.0 Å². The van der Waals surface area contributed by atoms with Crippen molar-refractivity contribution in [2.45, 2.75) is 199 Å². The number of rotatable bonds is 11. The van der Waals surface area contributed by atoms with Gasteiger partial charge in [0, 0.05) is 21.0 Å². The van der Waals surface area contributed by atoms with E-state index in [4.69, 9.17) is 23.7 Å². The van der Waals surface area contributed by atoms with Gasteiger partial charge in [-0.1, -0.05) is 31.9 Å². The Bertz CT molecular complexity index is 1370. The fourth-order valence-corrected chi connectivity index (χ4v) is 11.0. The predicted octanol–water partition coefficient (Wildman–Crippen LogP) is 4.47. The zero-order chi connectivity index (χ0) is 39.3. The number of carbonyl (C=O) groups is 2. The third-order valence-electron chi connectivity index (χ3n) is 14.5. The molecule has 0 spiro atoms. The first-order valence-corrected chi connectivity index (χ1v) is 20.0. The molecule has 13 unspecified atom stereocenters. The number of fused-ring (bicyclic) bond motifs is 2. The van der Waals surface area contributed by atoms with E-state index in [1.807, 2.05) is 27.7 Å².